The van der Waals surface area contributed by atoms with Crippen LogP contribution < -0.4 is 4.74 Å². The molecule has 3 nitrogen and oxygen atoms in total. The second-order valence-electron chi connectivity index (χ2n) is 7.05. The highest BCUT2D eigenvalue weighted by molar-refractivity contribution is 7.91. The lowest BCUT2D eigenvalue weighted by molar-refractivity contribution is 0.131. The molecule has 0 N–H and O–H groups in total. The highest BCUT2D eigenvalue weighted by atomic mass is 32.2. The zero-order valence-electron chi connectivity index (χ0n) is 15.1. The molecule has 3 rings (SSSR count). The SMILES string of the molecule is CC(C)(C)Oc1ccc(-c2ccccc2S(=O)(=O)c2ccccc2)cc1. The van der Waals surface area contributed by atoms with Crippen molar-refractivity contribution in [2.75, 3.05) is 0 Å². The summed E-state index contributed by atoms with van der Waals surface area (Å²) in [4.78, 5) is 0.593. The van der Waals surface area contributed by atoms with E-state index in [4.69, 9.17) is 4.74 Å². The molecule has 0 fully saturated rings. The minimum Gasteiger partial charge on any atom is -0.488 e. The Morgan fingerprint density at radius 3 is 1.92 bits per heavy atom. The summed E-state index contributed by atoms with van der Waals surface area (Å²) in [7, 11) is -3.59. The van der Waals surface area contributed by atoms with E-state index in [1.165, 1.54) is 0 Å². The maximum Gasteiger partial charge on any atom is 0.207 e. The molecule has 0 aromatic heterocycles. The highest BCUT2D eigenvalue weighted by Crippen LogP contribution is 2.32. The molecular formula is C22H22O3S. The van der Waals surface area contributed by atoms with Crippen molar-refractivity contribution in [3.05, 3.63) is 78.9 Å². The Hall–Kier alpha value is -2.59. The fourth-order valence-electron chi connectivity index (χ4n) is 2.72. The fourth-order valence-corrected chi connectivity index (χ4v) is 4.22. The van der Waals surface area contributed by atoms with E-state index in [-0.39, 0.29) is 5.60 Å². The normalized spacial score (nSPS) is 12.0. The number of ether oxygens (including phenoxy) is 1. The summed E-state index contributed by atoms with van der Waals surface area (Å²) in [6.45, 7) is 5.97. The quantitative estimate of drug-likeness (QED) is 0.624. The van der Waals surface area contributed by atoms with Crippen LogP contribution in [0, 0.1) is 0 Å². The molecule has 134 valence electrons. The predicted molar refractivity (Wildman–Crippen MR) is 104 cm³/mol. The molecule has 0 unspecified atom stereocenters. The molecule has 0 saturated carbocycles. The first-order valence-corrected chi connectivity index (χ1v) is 9.94. The lowest BCUT2D eigenvalue weighted by atomic mass is 10.1. The van der Waals surface area contributed by atoms with Gasteiger partial charge in [0.05, 0.1) is 9.79 Å². The second-order valence-corrected chi connectivity index (χ2v) is 8.97. The molecule has 0 amide bonds. The molecule has 26 heavy (non-hydrogen) atoms. The Morgan fingerprint density at radius 2 is 1.31 bits per heavy atom. The van der Waals surface area contributed by atoms with Gasteiger partial charge in [-0.25, -0.2) is 8.42 Å². The van der Waals surface area contributed by atoms with Gasteiger partial charge in [-0.2, -0.15) is 0 Å². The summed E-state index contributed by atoms with van der Waals surface area (Å²) in [5.74, 6) is 0.754. The molecule has 4 heteroatoms. The highest BCUT2D eigenvalue weighted by Gasteiger charge is 2.21. The van der Waals surface area contributed by atoms with Gasteiger partial charge in [0.2, 0.25) is 9.84 Å². The predicted octanol–water partition coefficient (Wildman–Crippen LogP) is 5.36. The van der Waals surface area contributed by atoms with Crippen molar-refractivity contribution in [3.63, 3.8) is 0 Å². The van der Waals surface area contributed by atoms with Crippen molar-refractivity contribution < 1.29 is 13.2 Å². The van der Waals surface area contributed by atoms with Crippen LogP contribution in [0.2, 0.25) is 0 Å². The van der Waals surface area contributed by atoms with E-state index in [2.05, 4.69) is 0 Å². The smallest absolute Gasteiger partial charge is 0.207 e. The van der Waals surface area contributed by atoms with Gasteiger partial charge in [-0.3, -0.25) is 0 Å². The van der Waals surface area contributed by atoms with Crippen LogP contribution in [0.5, 0.6) is 5.75 Å². The molecule has 0 spiro atoms. The summed E-state index contributed by atoms with van der Waals surface area (Å²) in [5.41, 5.74) is 1.23. The Kier molecular flexibility index (Phi) is 4.88. The molecule has 3 aromatic rings. The Morgan fingerprint density at radius 1 is 0.731 bits per heavy atom. The number of hydrogen-bond donors (Lipinski definition) is 0. The minimum absolute atomic E-state index is 0.282. The van der Waals surface area contributed by atoms with Crippen molar-refractivity contribution in [3.8, 4) is 16.9 Å². The van der Waals surface area contributed by atoms with Crippen LogP contribution in [0.4, 0.5) is 0 Å². The monoisotopic (exact) mass is 366 g/mol. The molecule has 0 atom stereocenters. The molecule has 0 radical (unpaired) electrons. The third-order valence-corrected chi connectivity index (χ3v) is 5.65. The van der Waals surface area contributed by atoms with E-state index in [1.54, 1.807) is 42.5 Å². The van der Waals surface area contributed by atoms with Crippen molar-refractivity contribution in [2.45, 2.75) is 36.2 Å². The van der Waals surface area contributed by atoms with Crippen LogP contribution in [0.3, 0.4) is 0 Å². The van der Waals surface area contributed by atoms with Crippen LogP contribution in [0.1, 0.15) is 20.8 Å². The summed E-state index contributed by atoms with van der Waals surface area (Å²) in [5, 5.41) is 0. The van der Waals surface area contributed by atoms with Crippen LogP contribution in [0.25, 0.3) is 11.1 Å². The standard InChI is InChI=1S/C22H22O3S/c1-22(2,3)25-18-15-13-17(14-16-18)20-11-7-8-12-21(20)26(23,24)19-9-5-4-6-10-19/h4-16H,1-3H3. The van der Waals surface area contributed by atoms with Crippen LogP contribution in [-0.4, -0.2) is 14.0 Å². The van der Waals surface area contributed by atoms with Gasteiger partial charge in [-0.1, -0.05) is 48.5 Å². The number of sulfone groups is 1. The number of rotatable bonds is 4. The first-order chi connectivity index (χ1) is 12.3. The molecule has 0 heterocycles. The van der Waals surface area contributed by atoms with Gasteiger partial charge in [0.25, 0.3) is 0 Å². The number of benzene rings is 3. The molecule has 0 bridgehead atoms. The summed E-state index contributed by atoms with van der Waals surface area (Å²) in [6.07, 6.45) is 0. The lowest BCUT2D eigenvalue weighted by Gasteiger charge is -2.21. The third kappa shape index (κ3) is 3.97. The van der Waals surface area contributed by atoms with E-state index in [0.717, 1.165) is 11.3 Å². The van der Waals surface area contributed by atoms with Gasteiger partial charge >= 0.3 is 0 Å². The molecule has 0 saturated heterocycles. The molecular weight excluding hydrogens is 344 g/mol. The first kappa shape index (κ1) is 18.2. The molecule has 0 aliphatic rings. The van der Waals surface area contributed by atoms with Crippen molar-refractivity contribution >= 4 is 9.84 Å². The lowest BCUT2D eigenvalue weighted by Crippen LogP contribution is -2.22. The summed E-state index contributed by atoms with van der Waals surface area (Å²) >= 11 is 0. The second kappa shape index (κ2) is 6.96. The zero-order valence-corrected chi connectivity index (χ0v) is 16.0. The minimum atomic E-state index is -3.59. The van der Waals surface area contributed by atoms with Gasteiger partial charge < -0.3 is 4.74 Å². The maximum absolute atomic E-state index is 13.1. The Bertz CT molecular complexity index is 984. The van der Waals surface area contributed by atoms with E-state index >= 15 is 0 Å². The fraction of sp³-hybridized carbons (Fsp3) is 0.182. The molecule has 3 aromatic carbocycles. The van der Waals surface area contributed by atoms with Gasteiger partial charge in [-0.15, -0.1) is 0 Å². The molecule has 0 aliphatic heterocycles. The Balaban J connectivity index is 2.03. The van der Waals surface area contributed by atoms with E-state index in [1.807, 2.05) is 57.2 Å². The summed E-state index contributed by atoms with van der Waals surface area (Å²) in [6, 6.07) is 23.1. The van der Waals surface area contributed by atoms with Gasteiger partial charge in [0.15, 0.2) is 0 Å². The van der Waals surface area contributed by atoms with E-state index in [9.17, 15) is 8.42 Å². The van der Waals surface area contributed by atoms with Crippen LogP contribution in [-0.2, 0) is 9.84 Å². The van der Waals surface area contributed by atoms with Gasteiger partial charge in [0.1, 0.15) is 11.4 Å². The van der Waals surface area contributed by atoms with Gasteiger partial charge in [-0.05, 0) is 56.7 Å². The molecule has 0 aliphatic carbocycles. The van der Waals surface area contributed by atoms with Crippen molar-refractivity contribution in [1.29, 1.82) is 0 Å². The first-order valence-electron chi connectivity index (χ1n) is 8.46. The Labute approximate surface area is 155 Å². The third-order valence-electron chi connectivity index (χ3n) is 3.82. The maximum atomic E-state index is 13.1. The van der Waals surface area contributed by atoms with E-state index in [0.29, 0.717) is 15.4 Å². The van der Waals surface area contributed by atoms with Crippen molar-refractivity contribution in [2.24, 2.45) is 0 Å². The average Bonchev–Trinajstić information content (AvgIpc) is 2.62. The largest absolute Gasteiger partial charge is 0.488 e. The van der Waals surface area contributed by atoms with Gasteiger partial charge in [0, 0.05) is 5.56 Å². The zero-order chi connectivity index (χ0) is 18.8. The van der Waals surface area contributed by atoms with Crippen LogP contribution >= 0.6 is 0 Å². The number of hydrogen-bond acceptors (Lipinski definition) is 3. The average molecular weight is 366 g/mol. The summed E-state index contributed by atoms with van der Waals surface area (Å²) < 4.78 is 32.0. The topological polar surface area (TPSA) is 43.4 Å². The van der Waals surface area contributed by atoms with E-state index < -0.39 is 9.84 Å². The van der Waals surface area contributed by atoms with Crippen molar-refractivity contribution in [1.82, 2.24) is 0 Å². The van der Waals surface area contributed by atoms with Crippen LogP contribution in [0.15, 0.2) is 88.7 Å².